The number of aryl methyl sites for hydroxylation is 1. The summed E-state index contributed by atoms with van der Waals surface area (Å²) in [6.45, 7) is 2.30. The molecular weight excluding hydrogens is 493 g/mol. The van der Waals surface area contributed by atoms with Gasteiger partial charge in [0.05, 0.1) is 11.1 Å². The number of halogens is 7. The molecule has 190 valence electrons. The summed E-state index contributed by atoms with van der Waals surface area (Å²) in [4.78, 5) is 24.6. The monoisotopic (exact) mass is 512 g/mol. The summed E-state index contributed by atoms with van der Waals surface area (Å²) < 4.78 is 92.6. The lowest BCUT2D eigenvalue weighted by Gasteiger charge is -2.35. The number of amides is 1. The van der Waals surface area contributed by atoms with Crippen LogP contribution in [0.5, 0.6) is 0 Å². The normalized spacial score (nSPS) is 14.8. The third kappa shape index (κ3) is 5.58. The maximum atomic E-state index is 13.6. The van der Waals surface area contributed by atoms with E-state index in [0.717, 1.165) is 0 Å². The number of carbonyl (C=O) groups is 1. The fourth-order valence-corrected chi connectivity index (χ4v) is 3.87. The molecule has 2 heterocycles. The van der Waals surface area contributed by atoms with E-state index >= 15 is 0 Å². The topological polar surface area (TPSA) is 49.3 Å². The largest absolute Gasteiger partial charge is 0.416 e. The van der Waals surface area contributed by atoms with Gasteiger partial charge >= 0.3 is 12.4 Å². The molecule has 5 nitrogen and oxygen atoms in total. The Hall–Kier alpha value is -3.70. The van der Waals surface area contributed by atoms with Gasteiger partial charge in [-0.25, -0.2) is 14.4 Å². The molecule has 0 unspecified atom stereocenters. The highest BCUT2D eigenvalue weighted by Gasteiger charge is 2.38. The highest BCUT2D eigenvalue weighted by molar-refractivity contribution is 5.95. The molecule has 0 N–H and O–H groups in total. The lowest BCUT2D eigenvalue weighted by atomic mass is 10.0. The highest BCUT2D eigenvalue weighted by Crippen LogP contribution is 2.36. The van der Waals surface area contributed by atoms with Gasteiger partial charge in [-0.15, -0.1) is 0 Å². The van der Waals surface area contributed by atoms with Gasteiger partial charge in [-0.2, -0.15) is 26.3 Å². The summed E-state index contributed by atoms with van der Waals surface area (Å²) in [6.07, 6.45) is -10.1. The van der Waals surface area contributed by atoms with Crippen molar-refractivity contribution in [2.45, 2.75) is 19.3 Å². The predicted molar refractivity (Wildman–Crippen MR) is 117 cm³/mol. The number of aromatic nitrogens is 2. The van der Waals surface area contributed by atoms with Crippen LogP contribution in [0.25, 0.3) is 11.4 Å². The minimum atomic E-state index is -5.04. The lowest BCUT2D eigenvalue weighted by Crippen LogP contribution is -2.49. The number of anilines is 1. The van der Waals surface area contributed by atoms with Crippen molar-refractivity contribution in [3.8, 4) is 11.4 Å². The second-order valence-electron chi connectivity index (χ2n) is 8.28. The molecule has 1 aliphatic heterocycles. The molecule has 36 heavy (non-hydrogen) atoms. The number of alkyl halides is 6. The first-order valence-corrected chi connectivity index (χ1v) is 10.8. The van der Waals surface area contributed by atoms with Gasteiger partial charge in [-0.3, -0.25) is 4.79 Å². The maximum absolute atomic E-state index is 13.6. The van der Waals surface area contributed by atoms with Gasteiger partial charge in [-0.1, -0.05) is 12.1 Å². The van der Waals surface area contributed by atoms with E-state index in [1.165, 1.54) is 23.1 Å². The molecule has 0 atom stereocenters. The molecule has 0 spiro atoms. The van der Waals surface area contributed by atoms with E-state index in [4.69, 9.17) is 0 Å². The van der Waals surface area contributed by atoms with Crippen LogP contribution in [0.2, 0.25) is 0 Å². The minimum Gasteiger partial charge on any atom is -0.353 e. The maximum Gasteiger partial charge on any atom is 0.416 e. The Balaban J connectivity index is 1.53. The van der Waals surface area contributed by atoms with Gasteiger partial charge in [-0.05, 0) is 37.3 Å². The van der Waals surface area contributed by atoms with Crippen LogP contribution >= 0.6 is 0 Å². The van der Waals surface area contributed by atoms with Gasteiger partial charge < -0.3 is 9.80 Å². The molecule has 1 aromatic heterocycles. The van der Waals surface area contributed by atoms with Crippen LogP contribution in [0.15, 0.2) is 48.5 Å². The molecule has 3 aromatic rings. The first-order chi connectivity index (χ1) is 16.8. The van der Waals surface area contributed by atoms with Crippen LogP contribution < -0.4 is 4.90 Å². The van der Waals surface area contributed by atoms with Crippen LogP contribution in [0.1, 0.15) is 27.2 Å². The van der Waals surface area contributed by atoms with Gasteiger partial charge in [0, 0.05) is 49.1 Å². The van der Waals surface area contributed by atoms with E-state index in [1.807, 2.05) is 4.90 Å². The summed E-state index contributed by atoms with van der Waals surface area (Å²) >= 11 is 0. The van der Waals surface area contributed by atoms with Crippen molar-refractivity contribution >= 4 is 11.7 Å². The highest BCUT2D eigenvalue weighted by atomic mass is 19.4. The minimum absolute atomic E-state index is 0.0116. The van der Waals surface area contributed by atoms with Gasteiger partial charge in [0.25, 0.3) is 5.91 Å². The molecule has 0 radical (unpaired) electrons. The number of nitrogens with zero attached hydrogens (tertiary/aromatic N) is 4. The van der Waals surface area contributed by atoms with E-state index < -0.39 is 40.8 Å². The zero-order valence-electron chi connectivity index (χ0n) is 18.8. The van der Waals surface area contributed by atoms with Crippen LogP contribution in [-0.2, 0) is 12.4 Å². The van der Waals surface area contributed by atoms with Crippen LogP contribution in [-0.4, -0.2) is 47.0 Å². The fourth-order valence-electron chi connectivity index (χ4n) is 3.87. The Morgan fingerprint density at radius 3 is 2.00 bits per heavy atom. The Kier molecular flexibility index (Phi) is 6.63. The summed E-state index contributed by atoms with van der Waals surface area (Å²) in [5.74, 6) is -0.570. The number of benzene rings is 2. The van der Waals surface area contributed by atoms with Crippen LogP contribution in [0.3, 0.4) is 0 Å². The number of hydrogen-bond acceptors (Lipinski definition) is 4. The Bertz CT molecular complexity index is 1250. The van der Waals surface area contributed by atoms with Crippen molar-refractivity contribution < 1.29 is 35.5 Å². The smallest absolute Gasteiger partial charge is 0.353 e. The molecule has 2 aromatic carbocycles. The molecule has 1 amide bonds. The molecule has 0 saturated carbocycles. The molecular formula is C24H19F7N4O. The van der Waals surface area contributed by atoms with E-state index in [2.05, 4.69) is 9.97 Å². The second-order valence-corrected chi connectivity index (χ2v) is 8.28. The standard InChI is InChI=1S/C24H19F7N4O/c1-14-9-20(33-21(32-14)15-3-2-4-19(25)12-15)34-5-7-35(8-6-34)22(36)16-10-17(23(26,27)28)13-18(11-16)24(29,30)31/h2-4,9-13H,5-8H2,1H3. The van der Waals surface area contributed by atoms with Crippen molar-refractivity contribution in [2.75, 3.05) is 31.1 Å². The first-order valence-electron chi connectivity index (χ1n) is 10.8. The number of carbonyl (C=O) groups excluding carboxylic acids is 1. The third-order valence-electron chi connectivity index (χ3n) is 5.65. The number of rotatable bonds is 3. The molecule has 4 rings (SSSR count). The summed E-state index contributed by atoms with van der Waals surface area (Å²) in [5, 5.41) is 0. The fraction of sp³-hybridized carbons (Fsp3) is 0.292. The van der Waals surface area contributed by atoms with Crippen LogP contribution in [0, 0.1) is 12.7 Å². The van der Waals surface area contributed by atoms with Gasteiger partial charge in [0.15, 0.2) is 5.82 Å². The number of piperazine rings is 1. The quantitative estimate of drug-likeness (QED) is 0.430. The van der Waals surface area contributed by atoms with Crippen molar-refractivity contribution in [3.63, 3.8) is 0 Å². The zero-order chi connectivity index (χ0) is 26.3. The SMILES string of the molecule is Cc1cc(N2CCN(C(=O)c3cc(C(F)(F)F)cc(C(F)(F)F)c3)CC2)nc(-c2cccc(F)c2)n1. The zero-order valence-corrected chi connectivity index (χ0v) is 18.8. The van der Waals surface area contributed by atoms with Crippen molar-refractivity contribution in [1.29, 1.82) is 0 Å². The second kappa shape index (κ2) is 9.40. The third-order valence-corrected chi connectivity index (χ3v) is 5.65. The van der Waals surface area contributed by atoms with E-state index in [1.54, 1.807) is 19.1 Å². The molecule has 1 fully saturated rings. The predicted octanol–water partition coefficient (Wildman–Crippen LogP) is 5.59. The van der Waals surface area contributed by atoms with Crippen molar-refractivity contribution in [2.24, 2.45) is 0 Å². The summed E-state index contributed by atoms with van der Waals surface area (Å²) in [7, 11) is 0. The summed E-state index contributed by atoms with van der Waals surface area (Å²) in [5.41, 5.74) is -2.68. The average molecular weight is 512 g/mol. The van der Waals surface area contributed by atoms with E-state index in [-0.39, 0.29) is 32.2 Å². The van der Waals surface area contributed by atoms with Crippen LogP contribution in [0.4, 0.5) is 36.6 Å². The van der Waals surface area contributed by atoms with Gasteiger partial charge in [0.1, 0.15) is 11.6 Å². The molecule has 12 heteroatoms. The average Bonchev–Trinajstić information content (AvgIpc) is 2.82. The Morgan fingerprint density at radius 2 is 1.44 bits per heavy atom. The van der Waals surface area contributed by atoms with Gasteiger partial charge in [0.2, 0.25) is 0 Å². The molecule has 1 aliphatic rings. The lowest BCUT2D eigenvalue weighted by molar-refractivity contribution is -0.143. The van der Waals surface area contributed by atoms with Crippen molar-refractivity contribution in [3.05, 3.63) is 76.7 Å². The summed E-state index contributed by atoms with van der Waals surface area (Å²) in [6, 6.07) is 8.32. The Morgan fingerprint density at radius 1 is 0.833 bits per heavy atom. The first kappa shape index (κ1) is 25.4. The molecule has 0 bridgehead atoms. The van der Waals surface area contributed by atoms with E-state index in [0.29, 0.717) is 35.0 Å². The number of hydrogen-bond donors (Lipinski definition) is 0. The Labute approximate surface area is 201 Å². The molecule has 1 saturated heterocycles. The molecule has 0 aliphatic carbocycles. The van der Waals surface area contributed by atoms with Crippen molar-refractivity contribution in [1.82, 2.24) is 14.9 Å². The van der Waals surface area contributed by atoms with E-state index in [9.17, 15) is 35.5 Å².